The molecule has 0 saturated heterocycles. The van der Waals surface area contributed by atoms with Crippen molar-refractivity contribution in [1.82, 2.24) is 5.43 Å². The molecule has 1 aliphatic heterocycles. The molecule has 2 aromatic carbocycles. The maximum absolute atomic E-state index is 4.59. The molecule has 0 amide bonds. The topological polar surface area (TPSA) is 36.8 Å². The van der Waals surface area contributed by atoms with E-state index in [1.165, 1.54) is 5.56 Å². The Bertz CT molecular complexity index is 651. The standard InChI is InChI=1S/C15H12BrN3Se/c16-12-6-8-13(9-7-12)17-15-19-18-14(10-20-15)11-4-2-1-3-5-11/h1-9H,10H2,(H,17,19). The summed E-state index contributed by atoms with van der Waals surface area (Å²) in [6, 6.07) is 18.2. The van der Waals surface area contributed by atoms with E-state index in [4.69, 9.17) is 0 Å². The summed E-state index contributed by atoms with van der Waals surface area (Å²) in [6.07, 6.45) is 0. The van der Waals surface area contributed by atoms with Crippen molar-refractivity contribution in [2.75, 3.05) is 0 Å². The van der Waals surface area contributed by atoms with E-state index in [0.29, 0.717) is 15.0 Å². The first-order valence-electron chi connectivity index (χ1n) is 6.16. The average molecular weight is 393 g/mol. The second-order valence-electron chi connectivity index (χ2n) is 4.22. The first-order valence-corrected chi connectivity index (χ1v) is 9.02. The maximum atomic E-state index is 4.59. The van der Waals surface area contributed by atoms with Gasteiger partial charge in [0, 0.05) is 0 Å². The van der Waals surface area contributed by atoms with Gasteiger partial charge in [0.25, 0.3) is 0 Å². The molecule has 2 aromatic rings. The number of rotatable bonds is 2. The Morgan fingerprint density at radius 1 is 1.05 bits per heavy atom. The van der Waals surface area contributed by atoms with Crippen molar-refractivity contribution in [2.24, 2.45) is 10.1 Å². The van der Waals surface area contributed by atoms with E-state index >= 15 is 0 Å². The first-order chi connectivity index (χ1) is 9.81. The van der Waals surface area contributed by atoms with Crippen molar-refractivity contribution in [2.45, 2.75) is 5.32 Å². The van der Waals surface area contributed by atoms with Crippen LogP contribution < -0.4 is 5.43 Å². The van der Waals surface area contributed by atoms with Gasteiger partial charge in [0.15, 0.2) is 0 Å². The van der Waals surface area contributed by atoms with Crippen LogP contribution in [-0.4, -0.2) is 25.4 Å². The van der Waals surface area contributed by atoms with Gasteiger partial charge in [0.05, 0.1) is 0 Å². The zero-order valence-electron chi connectivity index (χ0n) is 10.6. The van der Waals surface area contributed by atoms with Gasteiger partial charge < -0.3 is 0 Å². The molecule has 3 nitrogen and oxygen atoms in total. The van der Waals surface area contributed by atoms with Crippen molar-refractivity contribution in [3.8, 4) is 0 Å². The summed E-state index contributed by atoms with van der Waals surface area (Å²) in [5.41, 5.74) is 6.34. The molecular formula is C15H12BrN3Se. The third-order valence-electron chi connectivity index (χ3n) is 2.80. The summed E-state index contributed by atoms with van der Waals surface area (Å²) in [5.74, 6) is 0. The number of hydrogen-bond donors (Lipinski definition) is 1. The second kappa shape index (κ2) is 6.35. The molecule has 1 heterocycles. The molecule has 0 aliphatic carbocycles. The van der Waals surface area contributed by atoms with Gasteiger partial charge in [-0.05, 0) is 0 Å². The average Bonchev–Trinajstić information content (AvgIpc) is 2.51. The SMILES string of the molecule is Brc1ccc(N=C2NN=C(c3ccccc3)C[Se]2)cc1. The van der Waals surface area contributed by atoms with E-state index in [-0.39, 0.29) is 0 Å². The number of nitrogens with one attached hydrogen (secondary N) is 1. The third-order valence-corrected chi connectivity index (χ3v) is 5.16. The first kappa shape index (κ1) is 13.6. The Morgan fingerprint density at radius 2 is 1.80 bits per heavy atom. The molecule has 0 radical (unpaired) electrons. The van der Waals surface area contributed by atoms with Gasteiger partial charge >= 0.3 is 132 Å². The van der Waals surface area contributed by atoms with E-state index in [1.54, 1.807) is 0 Å². The van der Waals surface area contributed by atoms with Crippen LogP contribution in [0, 0.1) is 0 Å². The van der Waals surface area contributed by atoms with Crippen molar-refractivity contribution >= 4 is 47.0 Å². The summed E-state index contributed by atoms with van der Waals surface area (Å²) in [7, 11) is 0. The Kier molecular flexibility index (Phi) is 4.31. The van der Waals surface area contributed by atoms with Crippen LogP contribution in [0.3, 0.4) is 0 Å². The number of benzene rings is 2. The quantitative estimate of drug-likeness (QED) is 0.779. The minimum atomic E-state index is 0.292. The van der Waals surface area contributed by atoms with Crippen molar-refractivity contribution in [3.05, 3.63) is 64.6 Å². The predicted molar refractivity (Wildman–Crippen MR) is 87.9 cm³/mol. The van der Waals surface area contributed by atoms with E-state index in [9.17, 15) is 0 Å². The molecule has 3 rings (SSSR count). The van der Waals surface area contributed by atoms with Gasteiger partial charge in [-0.3, -0.25) is 0 Å². The summed E-state index contributed by atoms with van der Waals surface area (Å²) >= 11 is 3.71. The molecule has 1 aliphatic rings. The Labute approximate surface area is 132 Å². The van der Waals surface area contributed by atoms with Crippen LogP contribution in [0.2, 0.25) is 5.32 Å². The van der Waals surface area contributed by atoms with Crippen molar-refractivity contribution < 1.29 is 0 Å². The van der Waals surface area contributed by atoms with Crippen LogP contribution in [0.15, 0.2) is 69.2 Å². The monoisotopic (exact) mass is 393 g/mol. The fraction of sp³-hybridized carbons (Fsp3) is 0.0667. The van der Waals surface area contributed by atoms with E-state index < -0.39 is 0 Å². The molecule has 0 fully saturated rings. The minimum absolute atomic E-state index is 0.292. The molecule has 0 unspecified atom stereocenters. The van der Waals surface area contributed by atoms with Gasteiger partial charge in [-0.2, -0.15) is 0 Å². The van der Waals surface area contributed by atoms with E-state index in [1.807, 2.05) is 42.5 Å². The van der Waals surface area contributed by atoms with Gasteiger partial charge in [-0.25, -0.2) is 0 Å². The van der Waals surface area contributed by atoms with Gasteiger partial charge in [0.2, 0.25) is 0 Å². The Balaban J connectivity index is 1.74. The van der Waals surface area contributed by atoms with E-state index in [2.05, 4.69) is 43.6 Å². The number of amidine groups is 1. The summed E-state index contributed by atoms with van der Waals surface area (Å²) < 4.78 is 2.03. The van der Waals surface area contributed by atoms with Crippen LogP contribution in [0.5, 0.6) is 0 Å². The molecular weight excluding hydrogens is 381 g/mol. The molecule has 0 saturated carbocycles. The number of hydrogen-bond acceptors (Lipinski definition) is 2. The fourth-order valence-electron chi connectivity index (χ4n) is 1.79. The van der Waals surface area contributed by atoms with Crippen LogP contribution in [-0.2, 0) is 0 Å². The Hall–Kier alpha value is -1.42. The second-order valence-corrected chi connectivity index (χ2v) is 7.16. The van der Waals surface area contributed by atoms with Crippen LogP contribution in [0.1, 0.15) is 5.56 Å². The summed E-state index contributed by atoms with van der Waals surface area (Å²) in [5, 5.41) is 5.41. The number of nitrogens with zero attached hydrogens (tertiary/aromatic N) is 2. The predicted octanol–water partition coefficient (Wildman–Crippen LogP) is 3.57. The third kappa shape index (κ3) is 3.37. The van der Waals surface area contributed by atoms with Gasteiger partial charge in [0.1, 0.15) is 0 Å². The van der Waals surface area contributed by atoms with Gasteiger partial charge in [-0.15, -0.1) is 0 Å². The van der Waals surface area contributed by atoms with Crippen LogP contribution in [0.25, 0.3) is 0 Å². The number of aliphatic imine (C=N–C) groups is 1. The summed E-state index contributed by atoms with van der Waals surface area (Å²) in [4.78, 5) is 4.59. The Morgan fingerprint density at radius 3 is 2.45 bits per heavy atom. The molecule has 0 aromatic heterocycles. The molecule has 1 N–H and O–H groups in total. The number of halogens is 1. The van der Waals surface area contributed by atoms with Crippen molar-refractivity contribution in [1.29, 1.82) is 0 Å². The molecule has 100 valence electrons. The fourth-order valence-corrected chi connectivity index (χ4v) is 3.70. The number of hydrazone groups is 1. The molecule has 20 heavy (non-hydrogen) atoms. The molecule has 5 heteroatoms. The summed E-state index contributed by atoms with van der Waals surface area (Å²) in [6.45, 7) is 0. The van der Waals surface area contributed by atoms with Gasteiger partial charge in [-0.1, -0.05) is 0 Å². The normalized spacial score (nSPS) is 16.6. The molecule has 0 atom stereocenters. The van der Waals surface area contributed by atoms with Crippen LogP contribution >= 0.6 is 15.9 Å². The van der Waals surface area contributed by atoms with Crippen molar-refractivity contribution in [3.63, 3.8) is 0 Å². The molecule has 0 spiro atoms. The zero-order valence-corrected chi connectivity index (χ0v) is 13.9. The molecule has 0 bridgehead atoms. The van der Waals surface area contributed by atoms with E-state index in [0.717, 1.165) is 25.9 Å². The van der Waals surface area contributed by atoms with Crippen LogP contribution in [0.4, 0.5) is 5.69 Å². The zero-order chi connectivity index (χ0) is 13.8.